The number of ether oxygens (including phenoxy) is 1. The summed E-state index contributed by atoms with van der Waals surface area (Å²) in [5.41, 5.74) is 0.866. The van der Waals surface area contributed by atoms with E-state index in [1.807, 2.05) is 0 Å². The molecule has 6 nitrogen and oxygen atoms in total. The molecule has 0 bridgehead atoms. The lowest BCUT2D eigenvalue weighted by atomic mass is 10.2. The largest absolute Gasteiger partial charge is 0.495 e. The number of aryl methyl sites for hydroxylation is 1. The number of halogens is 1. The third kappa shape index (κ3) is 4.59. The van der Waals surface area contributed by atoms with Gasteiger partial charge in [0.1, 0.15) is 11.6 Å². The minimum Gasteiger partial charge on any atom is -0.495 e. The lowest BCUT2D eigenvalue weighted by Crippen LogP contribution is -2.37. The van der Waals surface area contributed by atoms with E-state index in [9.17, 15) is 17.6 Å². The molecule has 0 aromatic heterocycles. The number of anilines is 1. The van der Waals surface area contributed by atoms with Gasteiger partial charge in [0.2, 0.25) is 15.9 Å². The Kier molecular flexibility index (Phi) is 6.33. The van der Waals surface area contributed by atoms with E-state index in [1.165, 1.54) is 31.9 Å². The van der Waals surface area contributed by atoms with Crippen molar-refractivity contribution in [3.8, 4) is 5.75 Å². The number of para-hydroxylation sites is 2. The van der Waals surface area contributed by atoms with Crippen molar-refractivity contribution in [2.75, 3.05) is 25.1 Å². The Hall–Kier alpha value is -2.45. The van der Waals surface area contributed by atoms with Gasteiger partial charge in [0, 0.05) is 20.0 Å². The van der Waals surface area contributed by atoms with Crippen LogP contribution in [0.3, 0.4) is 0 Å². The van der Waals surface area contributed by atoms with Crippen LogP contribution in [0.2, 0.25) is 0 Å². The normalized spacial score (nSPS) is 11.2. The zero-order chi connectivity index (χ0) is 19.3. The molecule has 0 heterocycles. The van der Waals surface area contributed by atoms with Crippen LogP contribution in [0.1, 0.15) is 12.5 Å². The number of carbonyl (C=O) groups is 1. The predicted octanol–water partition coefficient (Wildman–Crippen LogP) is 2.47. The van der Waals surface area contributed by atoms with E-state index in [-0.39, 0.29) is 23.9 Å². The average molecular weight is 380 g/mol. The van der Waals surface area contributed by atoms with Gasteiger partial charge in [0.25, 0.3) is 0 Å². The first-order chi connectivity index (χ1) is 12.3. The van der Waals surface area contributed by atoms with Gasteiger partial charge in [-0.05, 0) is 42.8 Å². The minimum atomic E-state index is -3.81. The molecule has 0 unspecified atom stereocenters. The van der Waals surface area contributed by atoms with Crippen LogP contribution >= 0.6 is 0 Å². The summed E-state index contributed by atoms with van der Waals surface area (Å²) in [6.45, 7) is 3.03. The van der Waals surface area contributed by atoms with Crippen molar-refractivity contribution in [1.82, 2.24) is 4.72 Å². The molecule has 0 saturated heterocycles. The fraction of sp³-hybridized carbons (Fsp3) is 0.278. The Morgan fingerprint density at radius 1 is 1.23 bits per heavy atom. The number of hydrogen-bond donors (Lipinski definition) is 1. The lowest BCUT2D eigenvalue weighted by Gasteiger charge is -2.23. The molecule has 0 atom stereocenters. The Morgan fingerprint density at radius 3 is 2.54 bits per heavy atom. The third-order valence-electron chi connectivity index (χ3n) is 3.81. The van der Waals surface area contributed by atoms with Crippen LogP contribution in [0.4, 0.5) is 10.1 Å². The topological polar surface area (TPSA) is 75.7 Å². The molecule has 0 aliphatic heterocycles. The van der Waals surface area contributed by atoms with Gasteiger partial charge in [0.15, 0.2) is 0 Å². The summed E-state index contributed by atoms with van der Waals surface area (Å²) in [6, 6.07) is 10.5. The lowest BCUT2D eigenvalue weighted by molar-refractivity contribution is -0.116. The highest BCUT2D eigenvalue weighted by Crippen LogP contribution is 2.27. The first-order valence-corrected chi connectivity index (χ1v) is 9.41. The number of rotatable bonds is 7. The van der Waals surface area contributed by atoms with Crippen LogP contribution < -0.4 is 14.4 Å². The van der Waals surface area contributed by atoms with E-state index in [4.69, 9.17) is 4.74 Å². The smallest absolute Gasteiger partial charge is 0.240 e. The molecule has 1 amide bonds. The van der Waals surface area contributed by atoms with Gasteiger partial charge in [-0.2, -0.15) is 0 Å². The molecule has 140 valence electrons. The number of nitrogens with zero attached hydrogens (tertiary/aromatic N) is 1. The highest BCUT2D eigenvalue weighted by Gasteiger charge is 2.19. The maximum absolute atomic E-state index is 13.2. The second-order valence-electron chi connectivity index (χ2n) is 5.65. The molecule has 2 rings (SSSR count). The molecule has 0 aliphatic carbocycles. The summed E-state index contributed by atoms with van der Waals surface area (Å²) in [7, 11) is -2.32. The molecule has 26 heavy (non-hydrogen) atoms. The Balaban J connectivity index is 2.14. The predicted molar refractivity (Wildman–Crippen MR) is 97.3 cm³/mol. The van der Waals surface area contributed by atoms with Crippen molar-refractivity contribution in [3.63, 3.8) is 0 Å². The van der Waals surface area contributed by atoms with Gasteiger partial charge in [-0.3, -0.25) is 4.79 Å². The summed E-state index contributed by atoms with van der Waals surface area (Å²) >= 11 is 0. The minimum absolute atomic E-state index is 0.00320. The van der Waals surface area contributed by atoms with E-state index >= 15 is 0 Å². The second kappa shape index (κ2) is 8.29. The van der Waals surface area contributed by atoms with Gasteiger partial charge >= 0.3 is 0 Å². The molecule has 0 spiro atoms. The summed E-state index contributed by atoms with van der Waals surface area (Å²) in [5.74, 6) is -0.230. The first kappa shape index (κ1) is 19.9. The maximum Gasteiger partial charge on any atom is 0.240 e. The molecule has 0 saturated carbocycles. The van der Waals surface area contributed by atoms with E-state index in [2.05, 4.69) is 4.72 Å². The molecular weight excluding hydrogens is 359 g/mol. The molecular formula is C18H21FN2O4S. The highest BCUT2D eigenvalue weighted by molar-refractivity contribution is 7.89. The van der Waals surface area contributed by atoms with Crippen LogP contribution in [0.15, 0.2) is 47.4 Å². The number of benzene rings is 2. The van der Waals surface area contributed by atoms with Crippen molar-refractivity contribution < 1.29 is 22.3 Å². The average Bonchev–Trinajstić information content (AvgIpc) is 2.58. The second-order valence-corrected chi connectivity index (χ2v) is 7.39. The maximum atomic E-state index is 13.2. The van der Waals surface area contributed by atoms with Crippen molar-refractivity contribution in [2.45, 2.75) is 18.7 Å². The van der Waals surface area contributed by atoms with Crippen LogP contribution in [0.25, 0.3) is 0 Å². The van der Waals surface area contributed by atoms with E-state index in [1.54, 1.807) is 24.3 Å². The van der Waals surface area contributed by atoms with Crippen LogP contribution in [-0.4, -0.2) is 34.5 Å². The molecule has 0 aliphatic rings. The third-order valence-corrected chi connectivity index (χ3v) is 5.43. The number of methoxy groups -OCH3 is 1. The summed E-state index contributed by atoms with van der Waals surface area (Å²) < 4.78 is 45.7. The zero-order valence-electron chi connectivity index (χ0n) is 14.8. The SMILES string of the molecule is COc1ccccc1N(CCNS(=O)(=O)c1ccc(F)cc1C)C(C)=O. The zero-order valence-corrected chi connectivity index (χ0v) is 15.6. The summed E-state index contributed by atoms with van der Waals surface area (Å²) in [6.07, 6.45) is 0. The van der Waals surface area contributed by atoms with Gasteiger partial charge < -0.3 is 9.64 Å². The molecule has 2 aromatic carbocycles. The Labute approximate surface area is 152 Å². The van der Waals surface area contributed by atoms with Crippen LogP contribution in [0, 0.1) is 12.7 Å². The molecule has 1 N–H and O–H groups in total. The van der Waals surface area contributed by atoms with Gasteiger partial charge in [-0.15, -0.1) is 0 Å². The fourth-order valence-corrected chi connectivity index (χ4v) is 3.83. The number of carbonyl (C=O) groups excluding carboxylic acids is 1. The molecule has 0 radical (unpaired) electrons. The van der Waals surface area contributed by atoms with E-state index in [0.717, 1.165) is 12.1 Å². The van der Waals surface area contributed by atoms with E-state index in [0.29, 0.717) is 17.0 Å². The summed E-state index contributed by atoms with van der Waals surface area (Å²) in [4.78, 5) is 13.4. The molecule has 0 fully saturated rings. The number of hydrogen-bond acceptors (Lipinski definition) is 4. The van der Waals surface area contributed by atoms with Gasteiger partial charge in [-0.1, -0.05) is 12.1 Å². The van der Waals surface area contributed by atoms with Crippen LogP contribution in [0.5, 0.6) is 5.75 Å². The fourth-order valence-electron chi connectivity index (χ4n) is 2.58. The van der Waals surface area contributed by atoms with Crippen molar-refractivity contribution in [3.05, 3.63) is 53.8 Å². The van der Waals surface area contributed by atoms with Crippen molar-refractivity contribution >= 4 is 21.6 Å². The quantitative estimate of drug-likeness (QED) is 0.801. The number of amides is 1. The van der Waals surface area contributed by atoms with Gasteiger partial charge in [-0.25, -0.2) is 17.5 Å². The Morgan fingerprint density at radius 2 is 1.92 bits per heavy atom. The first-order valence-electron chi connectivity index (χ1n) is 7.93. The van der Waals surface area contributed by atoms with Crippen molar-refractivity contribution in [1.29, 1.82) is 0 Å². The number of sulfonamides is 1. The standard InChI is InChI=1S/C18H21FN2O4S/c1-13-12-15(19)8-9-18(13)26(23,24)20-10-11-21(14(2)22)16-6-4-5-7-17(16)25-3/h4-9,12,20H,10-11H2,1-3H3. The monoisotopic (exact) mass is 380 g/mol. The van der Waals surface area contributed by atoms with E-state index < -0.39 is 15.8 Å². The van der Waals surface area contributed by atoms with Crippen LogP contribution in [-0.2, 0) is 14.8 Å². The number of nitrogens with one attached hydrogen (secondary N) is 1. The highest BCUT2D eigenvalue weighted by atomic mass is 32.2. The van der Waals surface area contributed by atoms with Gasteiger partial charge in [0.05, 0.1) is 17.7 Å². The molecule has 2 aromatic rings. The molecule has 8 heteroatoms. The summed E-state index contributed by atoms with van der Waals surface area (Å²) in [5, 5.41) is 0. The Bertz CT molecular complexity index is 900. The van der Waals surface area contributed by atoms with Crippen molar-refractivity contribution in [2.24, 2.45) is 0 Å².